The van der Waals surface area contributed by atoms with Crippen LogP contribution in [0.5, 0.6) is 0 Å². The number of hydrogen-bond donors (Lipinski definition) is 2. The van der Waals surface area contributed by atoms with Crippen LogP contribution >= 0.6 is 0 Å². The van der Waals surface area contributed by atoms with Gasteiger partial charge in [-0.25, -0.2) is 0 Å². The number of aliphatic hydroxyl groups is 2. The molecule has 0 rings (SSSR count). The van der Waals surface area contributed by atoms with E-state index in [1.165, 1.54) is 0 Å². The zero-order chi connectivity index (χ0) is 16.7. The molecular formula is C17H34O4. The molecule has 0 aromatic rings. The summed E-state index contributed by atoms with van der Waals surface area (Å²) in [6, 6.07) is 0. The van der Waals surface area contributed by atoms with E-state index in [0.29, 0.717) is 19.3 Å². The van der Waals surface area contributed by atoms with Crippen molar-refractivity contribution in [1.29, 1.82) is 0 Å². The standard InChI is InChI=1S/C17H34O4/c1-7-17(6,14(19)11-9-8-10-12-18)21-16(4,5)13-15(2,3)20/h18,20H,7-13H2,1-6H3. The summed E-state index contributed by atoms with van der Waals surface area (Å²) >= 11 is 0. The fourth-order valence-corrected chi connectivity index (χ4v) is 2.85. The van der Waals surface area contributed by atoms with Crippen LogP contribution in [0.3, 0.4) is 0 Å². The topological polar surface area (TPSA) is 66.8 Å². The van der Waals surface area contributed by atoms with Gasteiger partial charge in [0.15, 0.2) is 5.78 Å². The lowest BCUT2D eigenvalue weighted by atomic mass is 9.88. The molecule has 0 bridgehead atoms. The van der Waals surface area contributed by atoms with Crippen molar-refractivity contribution < 1.29 is 19.7 Å². The highest BCUT2D eigenvalue weighted by Crippen LogP contribution is 2.31. The van der Waals surface area contributed by atoms with Crippen molar-refractivity contribution in [3.63, 3.8) is 0 Å². The minimum Gasteiger partial charge on any atom is -0.396 e. The Morgan fingerprint density at radius 1 is 1.05 bits per heavy atom. The summed E-state index contributed by atoms with van der Waals surface area (Å²) < 4.78 is 6.11. The number of ether oxygens (including phenoxy) is 1. The number of unbranched alkanes of at least 4 members (excludes halogenated alkanes) is 2. The van der Waals surface area contributed by atoms with Crippen molar-refractivity contribution in [2.75, 3.05) is 6.61 Å². The molecule has 0 aromatic heterocycles. The maximum absolute atomic E-state index is 12.5. The Hall–Kier alpha value is -0.450. The molecule has 0 aliphatic heterocycles. The lowest BCUT2D eigenvalue weighted by Crippen LogP contribution is -2.47. The van der Waals surface area contributed by atoms with Crippen LogP contribution < -0.4 is 0 Å². The first-order valence-electron chi connectivity index (χ1n) is 8.02. The average molecular weight is 302 g/mol. The second-order valence-corrected chi connectivity index (χ2v) is 7.39. The minimum atomic E-state index is -0.831. The molecule has 0 saturated heterocycles. The van der Waals surface area contributed by atoms with E-state index in [-0.39, 0.29) is 12.4 Å². The van der Waals surface area contributed by atoms with Gasteiger partial charge in [-0.1, -0.05) is 13.3 Å². The Balaban J connectivity index is 4.67. The molecule has 0 aliphatic rings. The van der Waals surface area contributed by atoms with E-state index in [4.69, 9.17) is 9.84 Å². The van der Waals surface area contributed by atoms with Crippen LogP contribution in [0.2, 0.25) is 0 Å². The Bertz CT molecular complexity index is 317. The summed E-state index contributed by atoms with van der Waals surface area (Å²) in [5.41, 5.74) is -2.21. The molecule has 0 aromatic carbocycles. The Kier molecular flexibility index (Phi) is 8.08. The van der Waals surface area contributed by atoms with Gasteiger partial charge in [0.05, 0.1) is 11.2 Å². The maximum atomic E-state index is 12.5. The molecule has 0 fully saturated rings. The van der Waals surface area contributed by atoms with Crippen molar-refractivity contribution in [3.05, 3.63) is 0 Å². The van der Waals surface area contributed by atoms with E-state index in [1.807, 2.05) is 27.7 Å². The molecule has 0 aliphatic carbocycles. The first-order chi connectivity index (χ1) is 9.46. The second kappa shape index (κ2) is 8.25. The number of hydrogen-bond acceptors (Lipinski definition) is 4. The summed E-state index contributed by atoms with van der Waals surface area (Å²) in [5.74, 6) is 0.103. The van der Waals surface area contributed by atoms with Crippen molar-refractivity contribution in [1.82, 2.24) is 0 Å². The fraction of sp³-hybridized carbons (Fsp3) is 0.941. The molecule has 0 spiro atoms. The molecule has 0 heterocycles. The number of aliphatic hydroxyl groups excluding tert-OH is 1. The molecule has 0 radical (unpaired) electrons. The van der Waals surface area contributed by atoms with Crippen LogP contribution in [0.15, 0.2) is 0 Å². The number of carbonyl (C=O) groups is 1. The highest BCUT2D eigenvalue weighted by Gasteiger charge is 2.39. The van der Waals surface area contributed by atoms with Crippen LogP contribution in [0.4, 0.5) is 0 Å². The molecule has 4 nitrogen and oxygen atoms in total. The van der Waals surface area contributed by atoms with Gasteiger partial charge in [-0.05, 0) is 53.9 Å². The smallest absolute Gasteiger partial charge is 0.164 e. The zero-order valence-corrected chi connectivity index (χ0v) is 14.7. The molecule has 126 valence electrons. The van der Waals surface area contributed by atoms with Gasteiger partial charge >= 0.3 is 0 Å². The van der Waals surface area contributed by atoms with Crippen molar-refractivity contribution in [2.24, 2.45) is 0 Å². The Morgan fingerprint density at radius 2 is 1.62 bits per heavy atom. The molecule has 0 saturated carbocycles. The van der Waals surface area contributed by atoms with Gasteiger partial charge in [0, 0.05) is 19.4 Å². The summed E-state index contributed by atoms with van der Waals surface area (Å²) in [4.78, 5) is 12.5. The number of rotatable bonds is 11. The van der Waals surface area contributed by atoms with Crippen molar-refractivity contribution >= 4 is 5.78 Å². The molecular weight excluding hydrogens is 268 g/mol. The zero-order valence-electron chi connectivity index (χ0n) is 14.7. The van der Waals surface area contributed by atoms with Gasteiger partial charge in [0.1, 0.15) is 5.60 Å². The van der Waals surface area contributed by atoms with Crippen LogP contribution in [-0.2, 0) is 9.53 Å². The van der Waals surface area contributed by atoms with E-state index in [2.05, 4.69) is 0 Å². The Morgan fingerprint density at radius 3 is 2.05 bits per heavy atom. The molecule has 2 N–H and O–H groups in total. The van der Waals surface area contributed by atoms with Gasteiger partial charge in [-0.2, -0.15) is 0 Å². The monoisotopic (exact) mass is 302 g/mol. The number of ketones is 1. The summed E-state index contributed by atoms with van der Waals surface area (Å²) in [7, 11) is 0. The molecule has 1 atom stereocenters. The maximum Gasteiger partial charge on any atom is 0.164 e. The lowest BCUT2D eigenvalue weighted by molar-refractivity contribution is -0.175. The summed E-state index contributed by atoms with van der Waals surface area (Å²) in [5, 5.41) is 18.7. The molecule has 21 heavy (non-hydrogen) atoms. The second-order valence-electron chi connectivity index (χ2n) is 7.39. The predicted molar refractivity (Wildman–Crippen MR) is 85.3 cm³/mol. The molecule has 1 unspecified atom stereocenters. The van der Waals surface area contributed by atoms with E-state index < -0.39 is 16.8 Å². The summed E-state index contributed by atoms with van der Waals surface area (Å²) in [6.07, 6.45) is 3.93. The largest absolute Gasteiger partial charge is 0.396 e. The van der Waals surface area contributed by atoms with E-state index in [9.17, 15) is 9.90 Å². The van der Waals surface area contributed by atoms with E-state index in [1.54, 1.807) is 13.8 Å². The van der Waals surface area contributed by atoms with Crippen LogP contribution in [0.25, 0.3) is 0 Å². The fourth-order valence-electron chi connectivity index (χ4n) is 2.85. The number of Topliss-reactive ketones (excluding diaryl/α,β-unsaturated/α-hetero) is 1. The SMILES string of the molecule is CCC(C)(OC(C)(C)CC(C)(C)O)C(=O)CCCCCO. The first kappa shape index (κ1) is 20.6. The van der Waals surface area contributed by atoms with E-state index in [0.717, 1.165) is 19.3 Å². The summed E-state index contributed by atoms with van der Waals surface area (Å²) in [6.45, 7) is 11.3. The average Bonchev–Trinajstić information content (AvgIpc) is 2.30. The van der Waals surface area contributed by atoms with Crippen molar-refractivity contribution in [3.8, 4) is 0 Å². The van der Waals surface area contributed by atoms with Gasteiger partial charge in [0.2, 0.25) is 0 Å². The van der Waals surface area contributed by atoms with Crippen LogP contribution in [0.1, 0.15) is 80.1 Å². The highest BCUT2D eigenvalue weighted by atomic mass is 16.5. The van der Waals surface area contributed by atoms with E-state index >= 15 is 0 Å². The third-order valence-corrected chi connectivity index (χ3v) is 3.69. The third-order valence-electron chi connectivity index (χ3n) is 3.69. The van der Waals surface area contributed by atoms with Gasteiger partial charge in [-0.15, -0.1) is 0 Å². The van der Waals surface area contributed by atoms with Crippen molar-refractivity contribution in [2.45, 2.75) is 96.9 Å². The predicted octanol–water partition coefficient (Wildman–Crippen LogP) is 3.23. The van der Waals surface area contributed by atoms with Crippen LogP contribution in [-0.4, -0.2) is 39.4 Å². The third kappa shape index (κ3) is 8.54. The lowest BCUT2D eigenvalue weighted by Gasteiger charge is -2.39. The quantitative estimate of drug-likeness (QED) is 0.575. The molecule has 0 amide bonds. The number of carbonyl (C=O) groups excluding carboxylic acids is 1. The van der Waals surface area contributed by atoms with Gasteiger partial charge in [-0.3, -0.25) is 4.79 Å². The Labute approximate surface area is 129 Å². The molecule has 4 heteroatoms. The normalized spacial score (nSPS) is 15.8. The van der Waals surface area contributed by atoms with Gasteiger partial charge < -0.3 is 14.9 Å². The minimum absolute atomic E-state index is 0.103. The first-order valence-corrected chi connectivity index (χ1v) is 8.02. The highest BCUT2D eigenvalue weighted by molar-refractivity contribution is 5.86. The van der Waals surface area contributed by atoms with Crippen LogP contribution in [0, 0.1) is 0 Å². The van der Waals surface area contributed by atoms with Gasteiger partial charge in [0.25, 0.3) is 0 Å².